The van der Waals surface area contributed by atoms with Gasteiger partial charge < -0.3 is 0 Å². The molecule has 0 aliphatic rings. The zero-order valence-electron chi connectivity index (χ0n) is 14.8. The van der Waals surface area contributed by atoms with E-state index >= 15 is 0 Å². The van der Waals surface area contributed by atoms with Crippen LogP contribution in [0.2, 0.25) is 20.1 Å². The Bertz CT molecular complexity index is 1590. The van der Waals surface area contributed by atoms with E-state index in [1.165, 1.54) is 12.7 Å². The lowest BCUT2D eigenvalue weighted by atomic mass is 9.88. The van der Waals surface area contributed by atoms with E-state index in [0.29, 0.717) is 42.2 Å². The number of fused-ring (bicyclic) bond motifs is 2. The molecular weight excluding hydrogens is 462 g/mol. The van der Waals surface area contributed by atoms with Crippen LogP contribution in [-0.4, -0.2) is 19.9 Å². The van der Waals surface area contributed by atoms with Crippen molar-refractivity contribution in [3.05, 3.63) is 57.0 Å². The predicted octanol–water partition coefficient (Wildman–Crippen LogP) is 7.67. The molecule has 4 nitrogen and oxygen atoms in total. The molecule has 0 atom stereocenters. The second-order valence-corrected chi connectivity index (χ2v) is 8.89. The number of benzene rings is 5. The first kappa shape index (κ1) is 17.2. The van der Waals surface area contributed by atoms with Gasteiger partial charge in [-0.25, -0.2) is 19.9 Å². The number of hydrogen-bond donors (Lipinski definition) is 0. The van der Waals surface area contributed by atoms with Gasteiger partial charge in [-0.2, -0.15) is 0 Å². The van der Waals surface area contributed by atoms with Crippen LogP contribution in [-0.2, 0) is 0 Å². The minimum Gasteiger partial charge on any atom is -0.235 e. The van der Waals surface area contributed by atoms with Crippen LogP contribution in [0.3, 0.4) is 0 Å². The van der Waals surface area contributed by atoms with Gasteiger partial charge in [0.1, 0.15) is 12.7 Å². The highest BCUT2D eigenvalue weighted by Crippen LogP contribution is 2.49. The molecule has 0 bridgehead atoms. The Morgan fingerprint density at radius 1 is 0.400 bits per heavy atom. The summed E-state index contributed by atoms with van der Waals surface area (Å²) in [5.74, 6) is 0. The third kappa shape index (κ3) is 1.91. The standard InChI is InChI=1S/C22H6Cl4N4/c23-11-1-7-8-2-12(24)21-18-16(8)10(4-14(26)22(18)30-6-29-21)9-3-13(25)20-17(15(7)9)19(11)27-5-28-20/h1-6H. The summed E-state index contributed by atoms with van der Waals surface area (Å²) in [5.41, 5.74) is 2.65. The van der Waals surface area contributed by atoms with Crippen LogP contribution in [0.15, 0.2) is 36.9 Å². The molecule has 30 heavy (non-hydrogen) atoms. The number of hydrogen-bond acceptors (Lipinski definition) is 4. The molecule has 8 heteroatoms. The van der Waals surface area contributed by atoms with E-state index in [1.807, 2.05) is 24.3 Å². The Kier molecular flexibility index (Phi) is 3.21. The first-order valence-electron chi connectivity index (χ1n) is 8.99. The van der Waals surface area contributed by atoms with Crippen molar-refractivity contribution in [3.8, 4) is 0 Å². The molecule has 0 amide bonds. The van der Waals surface area contributed by atoms with E-state index in [2.05, 4.69) is 19.9 Å². The highest BCUT2D eigenvalue weighted by Gasteiger charge is 2.23. The molecular formula is C22H6Cl4N4. The number of halogens is 4. The summed E-state index contributed by atoms with van der Waals surface area (Å²) in [6.07, 6.45) is 2.96. The largest absolute Gasteiger partial charge is 0.235 e. The van der Waals surface area contributed by atoms with Crippen LogP contribution >= 0.6 is 46.4 Å². The van der Waals surface area contributed by atoms with E-state index in [9.17, 15) is 0 Å². The second-order valence-electron chi connectivity index (χ2n) is 7.27. The van der Waals surface area contributed by atoms with Crippen LogP contribution in [0.1, 0.15) is 0 Å². The van der Waals surface area contributed by atoms with Gasteiger partial charge in [-0.15, -0.1) is 0 Å². The van der Waals surface area contributed by atoms with Gasteiger partial charge in [0.25, 0.3) is 0 Å². The van der Waals surface area contributed by atoms with Crippen molar-refractivity contribution in [2.24, 2.45) is 0 Å². The fourth-order valence-electron chi connectivity index (χ4n) is 4.72. The first-order chi connectivity index (χ1) is 14.5. The number of aromatic nitrogens is 4. The van der Waals surface area contributed by atoms with Crippen LogP contribution in [0.5, 0.6) is 0 Å². The van der Waals surface area contributed by atoms with Crippen LogP contribution in [0.25, 0.3) is 65.2 Å². The van der Waals surface area contributed by atoms with Gasteiger partial charge in [0.15, 0.2) is 0 Å². The Hall–Kier alpha value is -2.50. The van der Waals surface area contributed by atoms with E-state index in [0.717, 1.165) is 43.1 Å². The first-order valence-corrected chi connectivity index (χ1v) is 10.5. The lowest BCUT2D eigenvalue weighted by Crippen LogP contribution is -1.96. The fourth-order valence-corrected chi connectivity index (χ4v) is 5.73. The summed E-state index contributed by atoms with van der Waals surface area (Å²) in [6.45, 7) is 0. The smallest absolute Gasteiger partial charge is 0.116 e. The molecule has 2 heterocycles. The molecule has 2 aromatic heterocycles. The van der Waals surface area contributed by atoms with E-state index in [1.54, 1.807) is 0 Å². The van der Waals surface area contributed by atoms with Crippen molar-refractivity contribution in [3.63, 3.8) is 0 Å². The summed E-state index contributed by atoms with van der Waals surface area (Å²) in [7, 11) is 0. The third-order valence-corrected chi connectivity index (χ3v) is 6.99. The zero-order valence-corrected chi connectivity index (χ0v) is 17.8. The van der Waals surface area contributed by atoms with Crippen LogP contribution in [0, 0.1) is 0 Å². The van der Waals surface area contributed by atoms with Gasteiger partial charge in [0.2, 0.25) is 0 Å². The van der Waals surface area contributed by atoms with Crippen LogP contribution < -0.4 is 0 Å². The quantitative estimate of drug-likeness (QED) is 0.169. The molecule has 0 spiro atoms. The maximum atomic E-state index is 6.66. The highest BCUT2D eigenvalue weighted by atomic mass is 35.5. The molecule has 0 N–H and O–H groups in total. The maximum Gasteiger partial charge on any atom is 0.116 e. The van der Waals surface area contributed by atoms with Crippen molar-refractivity contribution >= 4 is 112 Å². The van der Waals surface area contributed by atoms with Crippen molar-refractivity contribution in [1.82, 2.24) is 19.9 Å². The molecule has 0 aliphatic carbocycles. The minimum atomic E-state index is 0.527. The number of nitrogens with zero attached hydrogens (tertiary/aromatic N) is 4. The predicted molar refractivity (Wildman–Crippen MR) is 125 cm³/mol. The Labute approximate surface area is 188 Å². The number of rotatable bonds is 0. The monoisotopic (exact) mass is 466 g/mol. The highest BCUT2D eigenvalue weighted by molar-refractivity contribution is 6.49. The van der Waals surface area contributed by atoms with Crippen molar-refractivity contribution < 1.29 is 0 Å². The molecule has 0 saturated carbocycles. The minimum absolute atomic E-state index is 0.527. The average Bonchev–Trinajstić information content (AvgIpc) is 2.75. The van der Waals surface area contributed by atoms with E-state index < -0.39 is 0 Å². The third-order valence-electron chi connectivity index (χ3n) is 5.84. The van der Waals surface area contributed by atoms with Gasteiger partial charge in [-0.3, -0.25) is 0 Å². The van der Waals surface area contributed by atoms with E-state index in [4.69, 9.17) is 46.4 Å². The van der Waals surface area contributed by atoms with Crippen molar-refractivity contribution in [2.75, 3.05) is 0 Å². The average molecular weight is 468 g/mol. The van der Waals surface area contributed by atoms with Gasteiger partial charge in [0, 0.05) is 21.5 Å². The second kappa shape index (κ2) is 5.59. The topological polar surface area (TPSA) is 51.6 Å². The Morgan fingerprint density at radius 2 is 0.667 bits per heavy atom. The summed E-state index contributed by atoms with van der Waals surface area (Å²) >= 11 is 26.6. The molecule has 0 unspecified atom stereocenters. The lowest BCUT2D eigenvalue weighted by Gasteiger charge is -2.19. The van der Waals surface area contributed by atoms with Gasteiger partial charge in [0.05, 0.1) is 42.2 Å². The fraction of sp³-hybridized carbons (Fsp3) is 0. The molecule has 0 aliphatic heterocycles. The van der Waals surface area contributed by atoms with Gasteiger partial charge in [-0.05, 0) is 45.8 Å². The Balaban J connectivity index is 1.97. The molecule has 0 saturated heterocycles. The van der Waals surface area contributed by atoms with Crippen molar-refractivity contribution in [2.45, 2.75) is 0 Å². The van der Waals surface area contributed by atoms with E-state index in [-0.39, 0.29) is 0 Å². The summed E-state index contributed by atoms with van der Waals surface area (Å²) < 4.78 is 0. The SMILES string of the molecule is Clc1cc2c3cc(Cl)c4ncnc5c(Cl)cc(c6cc(Cl)c7ncnc1c7c26)c3c45. The Morgan fingerprint density at radius 3 is 0.933 bits per heavy atom. The van der Waals surface area contributed by atoms with Crippen molar-refractivity contribution in [1.29, 1.82) is 0 Å². The summed E-state index contributed by atoms with van der Waals surface area (Å²) in [5, 5.41) is 9.52. The molecule has 5 aromatic carbocycles. The summed E-state index contributed by atoms with van der Waals surface area (Å²) in [4.78, 5) is 17.7. The maximum absolute atomic E-state index is 6.66. The lowest BCUT2D eigenvalue weighted by molar-refractivity contribution is 1.26. The molecule has 7 rings (SSSR count). The molecule has 7 aromatic rings. The van der Waals surface area contributed by atoms with Gasteiger partial charge >= 0.3 is 0 Å². The molecule has 0 fully saturated rings. The molecule has 0 radical (unpaired) electrons. The summed E-state index contributed by atoms with van der Waals surface area (Å²) in [6, 6.07) is 7.71. The zero-order chi connectivity index (χ0) is 20.3. The van der Waals surface area contributed by atoms with Crippen LogP contribution in [0.4, 0.5) is 0 Å². The molecule has 142 valence electrons. The normalized spacial score (nSPS) is 12.7. The van der Waals surface area contributed by atoms with Gasteiger partial charge in [-0.1, -0.05) is 46.4 Å².